The van der Waals surface area contributed by atoms with Crippen LogP contribution in [0.15, 0.2) is 77.8 Å². The number of aryl methyl sites for hydroxylation is 2. The average molecular weight is 645 g/mol. The van der Waals surface area contributed by atoms with Crippen molar-refractivity contribution < 1.29 is 23.9 Å². The predicted molar refractivity (Wildman–Crippen MR) is 168 cm³/mol. The molecule has 1 saturated heterocycles. The number of carbonyl (C=O) groups excluding carboxylic acids is 4. The summed E-state index contributed by atoms with van der Waals surface area (Å²) in [5.74, 6) is -2.13. The minimum atomic E-state index is -0.786. The fraction of sp³-hybridized carbons (Fsp3) is 0.152. The number of amides is 2. The zero-order chi connectivity index (χ0) is 31.5. The van der Waals surface area contributed by atoms with Gasteiger partial charge in [-0.15, -0.1) is 0 Å². The number of nitrogens with zero attached hydrogens (tertiary/aromatic N) is 3. The van der Waals surface area contributed by atoms with E-state index in [4.69, 9.17) is 32.9 Å². The monoisotopic (exact) mass is 643 g/mol. The standard InChI is InChI=1S/C33H23Cl2N3O5S/c1-18-3-5-20(6-4-18)30-19(2)13-22(16-36)31(37-30)44-28-15-29(40)38(32(28)41)24-10-7-21(8-11-24)33(42)43-17-27(39)25-12-9-23(34)14-26(25)35/h3-14,28H,15,17H2,1-2H3. The van der Waals surface area contributed by atoms with Crippen molar-refractivity contribution in [2.45, 2.75) is 30.5 Å². The molecule has 3 aromatic carbocycles. The predicted octanol–water partition coefficient (Wildman–Crippen LogP) is 7.01. The number of carbonyl (C=O) groups is 4. The van der Waals surface area contributed by atoms with Crippen LogP contribution in [0.2, 0.25) is 10.0 Å². The molecule has 0 saturated carbocycles. The summed E-state index contributed by atoms with van der Waals surface area (Å²) < 4.78 is 5.13. The van der Waals surface area contributed by atoms with Crippen LogP contribution < -0.4 is 4.90 Å². The number of hydrogen-bond donors (Lipinski definition) is 0. The van der Waals surface area contributed by atoms with E-state index in [-0.39, 0.29) is 28.3 Å². The average Bonchev–Trinajstić information content (AvgIpc) is 3.28. The molecule has 4 aromatic rings. The van der Waals surface area contributed by atoms with Crippen molar-refractivity contribution in [1.82, 2.24) is 4.98 Å². The van der Waals surface area contributed by atoms with Crippen LogP contribution >= 0.6 is 35.0 Å². The van der Waals surface area contributed by atoms with Crippen molar-refractivity contribution in [2.24, 2.45) is 0 Å². The molecular formula is C33H23Cl2N3O5S. The van der Waals surface area contributed by atoms with Crippen molar-refractivity contribution in [3.63, 3.8) is 0 Å². The second-order valence-electron chi connectivity index (χ2n) is 10.0. The summed E-state index contributed by atoms with van der Waals surface area (Å²) in [4.78, 5) is 57.1. The van der Waals surface area contributed by atoms with E-state index >= 15 is 0 Å². The highest BCUT2D eigenvalue weighted by Crippen LogP contribution is 2.36. The van der Waals surface area contributed by atoms with Gasteiger partial charge >= 0.3 is 5.97 Å². The van der Waals surface area contributed by atoms with Gasteiger partial charge in [-0.05, 0) is 67.9 Å². The number of Topliss-reactive ketones (excluding diaryl/α,β-unsaturated/α-hetero) is 1. The third-order valence-electron chi connectivity index (χ3n) is 6.91. The molecule has 8 nitrogen and oxygen atoms in total. The molecule has 0 radical (unpaired) electrons. The van der Waals surface area contributed by atoms with Gasteiger partial charge in [0.25, 0.3) is 0 Å². The maximum Gasteiger partial charge on any atom is 0.338 e. The fourth-order valence-corrected chi connectivity index (χ4v) is 6.22. The van der Waals surface area contributed by atoms with Crippen molar-refractivity contribution in [2.75, 3.05) is 11.5 Å². The van der Waals surface area contributed by atoms with Crippen LogP contribution in [0.5, 0.6) is 0 Å². The lowest BCUT2D eigenvalue weighted by atomic mass is 10.0. The first-order valence-electron chi connectivity index (χ1n) is 13.3. The van der Waals surface area contributed by atoms with E-state index in [1.165, 1.54) is 42.5 Å². The normalized spacial score (nSPS) is 14.4. The van der Waals surface area contributed by atoms with Crippen LogP contribution in [0, 0.1) is 25.2 Å². The Morgan fingerprint density at radius 2 is 1.73 bits per heavy atom. The Hall–Kier alpha value is -4.49. The summed E-state index contributed by atoms with van der Waals surface area (Å²) in [7, 11) is 0. The minimum absolute atomic E-state index is 0.0804. The highest BCUT2D eigenvalue weighted by atomic mass is 35.5. The number of halogens is 2. The van der Waals surface area contributed by atoms with E-state index in [2.05, 4.69) is 6.07 Å². The summed E-state index contributed by atoms with van der Waals surface area (Å²) >= 11 is 13.0. The molecule has 2 amide bonds. The van der Waals surface area contributed by atoms with Gasteiger partial charge in [-0.3, -0.25) is 14.4 Å². The summed E-state index contributed by atoms with van der Waals surface area (Å²) in [6.07, 6.45) is -0.0804. The Morgan fingerprint density at radius 1 is 1.02 bits per heavy atom. The van der Waals surface area contributed by atoms with Crippen molar-refractivity contribution in [1.29, 1.82) is 5.26 Å². The maximum absolute atomic E-state index is 13.4. The molecule has 220 valence electrons. The number of ether oxygens (including phenoxy) is 1. The molecule has 1 atom stereocenters. The van der Waals surface area contributed by atoms with E-state index in [1.54, 1.807) is 6.07 Å². The van der Waals surface area contributed by atoms with Gasteiger partial charge in [-0.25, -0.2) is 14.7 Å². The van der Waals surface area contributed by atoms with E-state index in [9.17, 15) is 24.4 Å². The second kappa shape index (κ2) is 13.0. The summed E-state index contributed by atoms with van der Waals surface area (Å²) in [5, 5.41) is 9.85. The molecule has 5 rings (SSSR count). The number of benzene rings is 3. The smallest absolute Gasteiger partial charge is 0.338 e. The Bertz CT molecular complexity index is 1850. The van der Waals surface area contributed by atoms with Gasteiger partial charge in [0.15, 0.2) is 6.61 Å². The number of ketones is 1. The lowest BCUT2D eigenvalue weighted by molar-refractivity contribution is -0.121. The summed E-state index contributed by atoms with van der Waals surface area (Å²) in [5.41, 5.74) is 4.40. The molecule has 1 fully saturated rings. The zero-order valence-electron chi connectivity index (χ0n) is 23.5. The van der Waals surface area contributed by atoms with E-state index in [0.717, 1.165) is 33.4 Å². The SMILES string of the molecule is Cc1ccc(-c2nc(SC3CC(=O)N(c4ccc(C(=O)OCC(=O)c5ccc(Cl)cc5Cl)cc4)C3=O)c(C#N)cc2C)cc1. The van der Waals surface area contributed by atoms with E-state index in [1.807, 2.05) is 38.1 Å². The van der Waals surface area contributed by atoms with Crippen LogP contribution in [-0.4, -0.2) is 40.4 Å². The van der Waals surface area contributed by atoms with Crippen LogP contribution in [-0.2, 0) is 14.3 Å². The number of rotatable bonds is 8. The Balaban J connectivity index is 1.27. The Labute approximate surface area is 267 Å². The molecule has 0 bridgehead atoms. The molecule has 1 aliphatic heterocycles. The van der Waals surface area contributed by atoms with Crippen molar-refractivity contribution in [3.05, 3.63) is 111 Å². The number of imide groups is 1. The van der Waals surface area contributed by atoms with Gasteiger partial charge in [0.05, 0.1) is 32.8 Å². The van der Waals surface area contributed by atoms with Gasteiger partial charge in [-0.1, -0.05) is 64.8 Å². The van der Waals surface area contributed by atoms with E-state index in [0.29, 0.717) is 21.3 Å². The van der Waals surface area contributed by atoms with Crippen LogP contribution in [0.1, 0.15) is 43.8 Å². The first-order chi connectivity index (χ1) is 21.0. The van der Waals surface area contributed by atoms with Gasteiger partial charge in [0, 0.05) is 22.6 Å². The van der Waals surface area contributed by atoms with Gasteiger partial charge in [0.2, 0.25) is 17.6 Å². The topological polar surface area (TPSA) is 117 Å². The molecule has 0 aliphatic carbocycles. The highest BCUT2D eigenvalue weighted by molar-refractivity contribution is 8.00. The minimum Gasteiger partial charge on any atom is -0.454 e. The van der Waals surface area contributed by atoms with Crippen LogP contribution in [0.25, 0.3) is 11.3 Å². The zero-order valence-corrected chi connectivity index (χ0v) is 25.8. The van der Waals surface area contributed by atoms with Crippen LogP contribution in [0.3, 0.4) is 0 Å². The number of aromatic nitrogens is 1. The van der Waals surface area contributed by atoms with Gasteiger partial charge in [-0.2, -0.15) is 5.26 Å². The lowest BCUT2D eigenvalue weighted by Gasteiger charge is -2.16. The number of anilines is 1. The van der Waals surface area contributed by atoms with Crippen molar-refractivity contribution >= 4 is 64.2 Å². The molecule has 0 spiro atoms. The van der Waals surface area contributed by atoms with Crippen LogP contribution in [0.4, 0.5) is 5.69 Å². The lowest BCUT2D eigenvalue weighted by Crippen LogP contribution is -2.31. The highest BCUT2D eigenvalue weighted by Gasteiger charge is 2.41. The summed E-state index contributed by atoms with van der Waals surface area (Å²) in [6.45, 7) is 3.32. The largest absolute Gasteiger partial charge is 0.454 e. The maximum atomic E-state index is 13.4. The first-order valence-corrected chi connectivity index (χ1v) is 15.0. The number of hydrogen-bond acceptors (Lipinski definition) is 8. The quantitative estimate of drug-likeness (QED) is 0.114. The Morgan fingerprint density at radius 3 is 2.39 bits per heavy atom. The number of thioether (sulfide) groups is 1. The fourth-order valence-electron chi connectivity index (χ4n) is 4.63. The molecule has 1 unspecified atom stereocenters. The molecule has 11 heteroatoms. The number of nitriles is 1. The van der Waals surface area contributed by atoms with Crippen molar-refractivity contribution in [3.8, 4) is 17.3 Å². The molecule has 1 aromatic heterocycles. The molecule has 0 N–H and O–H groups in total. The van der Waals surface area contributed by atoms with E-state index < -0.39 is 35.4 Å². The number of esters is 1. The van der Waals surface area contributed by atoms with Gasteiger partial charge < -0.3 is 4.74 Å². The molecule has 44 heavy (non-hydrogen) atoms. The molecule has 1 aliphatic rings. The summed E-state index contributed by atoms with van der Waals surface area (Å²) in [6, 6.07) is 21.8. The Kier molecular flexibility index (Phi) is 9.16. The third-order valence-corrected chi connectivity index (χ3v) is 8.64. The number of pyridine rings is 1. The third kappa shape index (κ3) is 6.53. The molecule has 2 heterocycles. The second-order valence-corrected chi connectivity index (χ2v) is 12.1. The van der Waals surface area contributed by atoms with Gasteiger partial charge in [0.1, 0.15) is 11.1 Å². The first kappa shape index (κ1) is 31.0. The molecular weight excluding hydrogens is 621 g/mol.